The second-order valence-corrected chi connectivity index (χ2v) is 5.96. The summed E-state index contributed by atoms with van der Waals surface area (Å²) < 4.78 is 13.9. The van der Waals surface area contributed by atoms with Crippen molar-refractivity contribution in [1.29, 1.82) is 0 Å². The maximum Gasteiger partial charge on any atom is 0.323 e. The molecule has 0 saturated heterocycles. The van der Waals surface area contributed by atoms with Gasteiger partial charge in [0.05, 0.1) is 4.88 Å². The normalized spacial score (nSPS) is 12.3. The zero-order chi connectivity index (χ0) is 15.6. The van der Waals surface area contributed by atoms with Gasteiger partial charge in [-0.15, -0.1) is 11.3 Å². The first kappa shape index (κ1) is 15.4. The lowest BCUT2D eigenvalue weighted by Gasteiger charge is -2.26. The molecule has 1 unspecified atom stereocenters. The highest BCUT2D eigenvalue weighted by atomic mass is 32.1. The number of fused-ring (bicyclic) bond motifs is 1. The molecule has 2 aromatic rings. The highest BCUT2D eigenvalue weighted by Crippen LogP contribution is 2.28. The molecule has 4 nitrogen and oxygen atoms in total. The van der Waals surface area contributed by atoms with Crippen LogP contribution in [0.2, 0.25) is 0 Å². The summed E-state index contributed by atoms with van der Waals surface area (Å²) >= 11 is 1.18. The standard InChI is InChI=1S/C15H16FNO3S/c1-3-9(2)17(8-14(18)19)15(20)13-6-10-4-5-11(16)7-12(10)21-13/h4-7,9H,3,8H2,1-2H3,(H,18,19). The molecule has 1 aromatic carbocycles. The molecule has 0 aliphatic heterocycles. The summed E-state index contributed by atoms with van der Waals surface area (Å²) in [6.07, 6.45) is 0.665. The van der Waals surface area contributed by atoms with Gasteiger partial charge in [-0.2, -0.15) is 0 Å². The number of amides is 1. The number of hydrogen-bond donors (Lipinski definition) is 1. The second-order valence-electron chi connectivity index (χ2n) is 4.88. The third-order valence-corrected chi connectivity index (χ3v) is 4.47. The molecule has 2 rings (SSSR count). The van der Waals surface area contributed by atoms with E-state index in [1.165, 1.54) is 28.4 Å². The minimum Gasteiger partial charge on any atom is -0.480 e. The van der Waals surface area contributed by atoms with Crippen LogP contribution >= 0.6 is 11.3 Å². The zero-order valence-corrected chi connectivity index (χ0v) is 12.6. The number of thiophene rings is 1. The van der Waals surface area contributed by atoms with E-state index >= 15 is 0 Å². The average Bonchev–Trinajstić information content (AvgIpc) is 2.85. The summed E-state index contributed by atoms with van der Waals surface area (Å²) in [4.78, 5) is 25.2. The Labute approximate surface area is 125 Å². The van der Waals surface area contributed by atoms with E-state index in [2.05, 4.69) is 0 Å². The van der Waals surface area contributed by atoms with Gasteiger partial charge in [-0.3, -0.25) is 9.59 Å². The molecule has 0 fully saturated rings. The molecule has 1 amide bonds. The highest BCUT2D eigenvalue weighted by Gasteiger charge is 2.24. The number of nitrogens with zero attached hydrogens (tertiary/aromatic N) is 1. The van der Waals surface area contributed by atoms with Crippen LogP contribution in [0.25, 0.3) is 10.1 Å². The fourth-order valence-electron chi connectivity index (χ4n) is 2.05. The van der Waals surface area contributed by atoms with Gasteiger partial charge in [-0.1, -0.05) is 13.0 Å². The van der Waals surface area contributed by atoms with E-state index in [1.54, 1.807) is 12.1 Å². The second kappa shape index (κ2) is 6.22. The van der Waals surface area contributed by atoms with Crippen molar-refractivity contribution in [3.05, 3.63) is 35.0 Å². The smallest absolute Gasteiger partial charge is 0.323 e. The third-order valence-electron chi connectivity index (χ3n) is 3.38. The molecule has 112 valence electrons. The minimum absolute atomic E-state index is 0.171. The number of carbonyl (C=O) groups excluding carboxylic acids is 1. The van der Waals surface area contributed by atoms with E-state index in [4.69, 9.17) is 5.11 Å². The maximum atomic E-state index is 13.2. The first-order valence-electron chi connectivity index (χ1n) is 6.64. The summed E-state index contributed by atoms with van der Waals surface area (Å²) in [5.41, 5.74) is 0. The molecule has 1 aromatic heterocycles. The van der Waals surface area contributed by atoms with Crippen molar-refractivity contribution in [3.63, 3.8) is 0 Å². The van der Waals surface area contributed by atoms with E-state index in [9.17, 15) is 14.0 Å². The Balaban J connectivity index is 2.35. The Hall–Kier alpha value is -1.95. The molecule has 1 atom stereocenters. The first-order chi connectivity index (χ1) is 9.92. The zero-order valence-electron chi connectivity index (χ0n) is 11.8. The van der Waals surface area contributed by atoms with Gasteiger partial charge in [0.25, 0.3) is 5.91 Å². The van der Waals surface area contributed by atoms with Crippen molar-refractivity contribution < 1.29 is 19.1 Å². The molecule has 1 heterocycles. The fraction of sp³-hybridized carbons (Fsp3) is 0.333. The van der Waals surface area contributed by atoms with Crippen LogP contribution in [-0.2, 0) is 4.79 Å². The molecule has 0 radical (unpaired) electrons. The van der Waals surface area contributed by atoms with Crippen LogP contribution in [0, 0.1) is 5.82 Å². The number of aliphatic carboxylic acids is 1. The van der Waals surface area contributed by atoms with Crippen LogP contribution in [0.4, 0.5) is 4.39 Å². The largest absolute Gasteiger partial charge is 0.480 e. The van der Waals surface area contributed by atoms with Crippen molar-refractivity contribution in [3.8, 4) is 0 Å². The van der Waals surface area contributed by atoms with Crippen LogP contribution in [0.5, 0.6) is 0 Å². The Morgan fingerprint density at radius 2 is 2.10 bits per heavy atom. The van der Waals surface area contributed by atoms with E-state index in [0.29, 0.717) is 16.0 Å². The number of carbonyl (C=O) groups is 2. The van der Waals surface area contributed by atoms with E-state index < -0.39 is 5.97 Å². The van der Waals surface area contributed by atoms with Crippen molar-refractivity contribution in [2.45, 2.75) is 26.3 Å². The molecule has 0 aliphatic carbocycles. The Kier molecular flexibility index (Phi) is 4.57. The summed E-state index contributed by atoms with van der Waals surface area (Å²) in [6.45, 7) is 3.37. The highest BCUT2D eigenvalue weighted by molar-refractivity contribution is 7.20. The Morgan fingerprint density at radius 3 is 2.71 bits per heavy atom. The number of benzene rings is 1. The molecule has 21 heavy (non-hydrogen) atoms. The maximum absolute atomic E-state index is 13.2. The van der Waals surface area contributed by atoms with Crippen LogP contribution in [-0.4, -0.2) is 34.5 Å². The number of rotatable bonds is 5. The fourth-order valence-corrected chi connectivity index (χ4v) is 3.09. The average molecular weight is 309 g/mol. The first-order valence-corrected chi connectivity index (χ1v) is 7.46. The van der Waals surface area contributed by atoms with Gasteiger partial charge in [0.1, 0.15) is 12.4 Å². The van der Waals surface area contributed by atoms with Gasteiger partial charge < -0.3 is 10.0 Å². The lowest BCUT2D eigenvalue weighted by Crippen LogP contribution is -2.41. The molecule has 0 bridgehead atoms. The SMILES string of the molecule is CCC(C)N(CC(=O)O)C(=O)c1cc2ccc(F)cc2s1. The molecule has 0 spiro atoms. The minimum atomic E-state index is -1.05. The van der Waals surface area contributed by atoms with E-state index in [1.807, 2.05) is 13.8 Å². The van der Waals surface area contributed by atoms with Crippen molar-refractivity contribution in [1.82, 2.24) is 4.90 Å². The molecule has 0 aliphatic rings. The van der Waals surface area contributed by atoms with Gasteiger partial charge in [0.15, 0.2) is 0 Å². The van der Waals surface area contributed by atoms with Gasteiger partial charge >= 0.3 is 5.97 Å². The lowest BCUT2D eigenvalue weighted by atomic mass is 10.2. The third kappa shape index (κ3) is 3.39. The number of carboxylic acid groups (broad SMARTS) is 1. The lowest BCUT2D eigenvalue weighted by molar-refractivity contribution is -0.138. The predicted molar refractivity (Wildman–Crippen MR) is 80.2 cm³/mol. The summed E-state index contributed by atoms with van der Waals surface area (Å²) in [7, 11) is 0. The topological polar surface area (TPSA) is 57.6 Å². The molecule has 1 N–H and O–H groups in total. The van der Waals surface area contributed by atoms with Crippen molar-refractivity contribution in [2.24, 2.45) is 0 Å². The van der Waals surface area contributed by atoms with Crippen molar-refractivity contribution in [2.75, 3.05) is 6.54 Å². The van der Waals surface area contributed by atoms with Crippen molar-refractivity contribution >= 4 is 33.3 Å². The van der Waals surface area contributed by atoms with Gasteiger partial charge in [0.2, 0.25) is 0 Å². The number of hydrogen-bond acceptors (Lipinski definition) is 3. The number of carboxylic acids is 1. The van der Waals surface area contributed by atoms with Gasteiger partial charge in [0, 0.05) is 10.7 Å². The van der Waals surface area contributed by atoms with E-state index in [0.717, 1.165) is 5.39 Å². The summed E-state index contributed by atoms with van der Waals surface area (Å²) in [5, 5.41) is 9.74. The summed E-state index contributed by atoms with van der Waals surface area (Å²) in [5.74, 6) is -1.73. The van der Waals surface area contributed by atoms with Gasteiger partial charge in [-0.05, 0) is 36.9 Å². The molecule has 0 saturated carbocycles. The van der Waals surface area contributed by atoms with Crippen LogP contribution in [0.15, 0.2) is 24.3 Å². The van der Waals surface area contributed by atoms with E-state index in [-0.39, 0.29) is 24.3 Å². The van der Waals surface area contributed by atoms with Crippen LogP contribution < -0.4 is 0 Å². The van der Waals surface area contributed by atoms with Crippen LogP contribution in [0.3, 0.4) is 0 Å². The molecular weight excluding hydrogens is 293 g/mol. The predicted octanol–water partition coefficient (Wildman–Crippen LogP) is 3.37. The quantitative estimate of drug-likeness (QED) is 0.921. The van der Waals surface area contributed by atoms with Crippen LogP contribution in [0.1, 0.15) is 29.9 Å². The number of halogens is 1. The molecular formula is C15H16FNO3S. The summed E-state index contributed by atoms with van der Waals surface area (Å²) in [6, 6.07) is 5.84. The Bertz CT molecular complexity index is 683. The van der Waals surface area contributed by atoms with Gasteiger partial charge in [-0.25, -0.2) is 4.39 Å². The monoisotopic (exact) mass is 309 g/mol. The molecule has 6 heteroatoms. The Morgan fingerprint density at radius 1 is 1.38 bits per heavy atom.